The van der Waals surface area contributed by atoms with Crippen LogP contribution in [0.3, 0.4) is 0 Å². The van der Waals surface area contributed by atoms with Crippen LogP contribution in [0.4, 0.5) is 5.69 Å². The van der Waals surface area contributed by atoms with Gasteiger partial charge in [-0.05, 0) is 24.3 Å². The van der Waals surface area contributed by atoms with Crippen LogP contribution < -0.4 is 10.6 Å². The van der Waals surface area contributed by atoms with Crippen LogP contribution in [0.15, 0.2) is 35.7 Å². The molecule has 0 unspecified atom stereocenters. The largest absolute Gasteiger partial charge is 0.320 e. The van der Waals surface area contributed by atoms with E-state index in [1.807, 2.05) is 0 Å². The van der Waals surface area contributed by atoms with Crippen LogP contribution in [0.1, 0.15) is 20.8 Å². The Labute approximate surface area is 127 Å². The summed E-state index contributed by atoms with van der Waals surface area (Å²) >= 11 is 1.41. The first kappa shape index (κ1) is 14.8. The minimum atomic E-state index is -0.137. The van der Waals surface area contributed by atoms with Crippen molar-refractivity contribution in [3.63, 3.8) is 0 Å². The minimum absolute atomic E-state index is 0.137. The van der Waals surface area contributed by atoms with E-state index in [0.717, 1.165) is 4.88 Å². The van der Waals surface area contributed by atoms with Crippen LogP contribution in [0.5, 0.6) is 0 Å². The van der Waals surface area contributed by atoms with Crippen molar-refractivity contribution >= 4 is 22.9 Å². The molecule has 0 bridgehead atoms. The Morgan fingerprint density at radius 1 is 1.43 bits per heavy atom. The molecule has 5 heteroatoms. The molecule has 2 aromatic rings. The second kappa shape index (κ2) is 6.71. The molecule has 0 atom stereocenters. The van der Waals surface area contributed by atoms with E-state index in [1.54, 1.807) is 42.8 Å². The first-order valence-corrected chi connectivity index (χ1v) is 7.09. The predicted octanol–water partition coefficient (Wildman–Crippen LogP) is 2.21. The molecule has 21 heavy (non-hydrogen) atoms. The SMILES string of the molecule is CN(C(=O)c1csc(C#CCN)c1)c1cccc(C#N)c1. The summed E-state index contributed by atoms with van der Waals surface area (Å²) in [4.78, 5) is 14.7. The third kappa shape index (κ3) is 3.49. The highest BCUT2D eigenvalue weighted by Crippen LogP contribution is 2.20. The lowest BCUT2D eigenvalue weighted by molar-refractivity contribution is 0.0993. The van der Waals surface area contributed by atoms with Crippen molar-refractivity contribution < 1.29 is 4.79 Å². The zero-order valence-electron chi connectivity index (χ0n) is 11.5. The Bertz CT molecular complexity index is 762. The molecule has 1 heterocycles. The van der Waals surface area contributed by atoms with E-state index in [2.05, 4.69) is 17.9 Å². The maximum atomic E-state index is 12.4. The molecule has 1 aromatic carbocycles. The summed E-state index contributed by atoms with van der Waals surface area (Å²) in [6.07, 6.45) is 0. The number of anilines is 1. The maximum absolute atomic E-state index is 12.4. The minimum Gasteiger partial charge on any atom is -0.320 e. The molecule has 0 aliphatic heterocycles. The molecule has 0 fully saturated rings. The lowest BCUT2D eigenvalue weighted by Crippen LogP contribution is -2.25. The average Bonchev–Trinajstić information content (AvgIpc) is 3.00. The third-order valence-corrected chi connectivity index (χ3v) is 3.67. The van der Waals surface area contributed by atoms with Crippen LogP contribution >= 0.6 is 11.3 Å². The molecule has 0 saturated heterocycles. The second-order valence-corrected chi connectivity index (χ2v) is 5.14. The van der Waals surface area contributed by atoms with Crippen molar-refractivity contribution in [2.45, 2.75) is 0 Å². The molecule has 4 nitrogen and oxygen atoms in total. The van der Waals surface area contributed by atoms with Gasteiger partial charge in [0.05, 0.1) is 28.6 Å². The van der Waals surface area contributed by atoms with E-state index in [-0.39, 0.29) is 5.91 Å². The van der Waals surface area contributed by atoms with Crippen molar-refractivity contribution in [1.29, 1.82) is 5.26 Å². The maximum Gasteiger partial charge on any atom is 0.258 e. The Hall–Kier alpha value is -2.60. The molecule has 0 spiro atoms. The van der Waals surface area contributed by atoms with Crippen molar-refractivity contribution in [2.24, 2.45) is 5.73 Å². The summed E-state index contributed by atoms with van der Waals surface area (Å²) in [5.41, 5.74) is 7.10. The van der Waals surface area contributed by atoms with Crippen molar-refractivity contribution in [2.75, 3.05) is 18.5 Å². The number of thiophene rings is 1. The number of rotatable bonds is 2. The van der Waals surface area contributed by atoms with Crippen LogP contribution in [-0.4, -0.2) is 19.5 Å². The van der Waals surface area contributed by atoms with Gasteiger partial charge < -0.3 is 10.6 Å². The topological polar surface area (TPSA) is 70.1 Å². The molecule has 0 saturated carbocycles. The molecule has 0 radical (unpaired) electrons. The highest BCUT2D eigenvalue weighted by molar-refractivity contribution is 7.10. The van der Waals surface area contributed by atoms with Gasteiger partial charge >= 0.3 is 0 Å². The summed E-state index contributed by atoms with van der Waals surface area (Å²) in [5, 5.41) is 10.7. The number of nitriles is 1. The molecule has 0 aliphatic rings. The fourth-order valence-electron chi connectivity index (χ4n) is 1.75. The Morgan fingerprint density at radius 2 is 2.24 bits per heavy atom. The lowest BCUT2D eigenvalue weighted by atomic mass is 10.2. The number of carbonyl (C=O) groups is 1. The van der Waals surface area contributed by atoms with Gasteiger partial charge in [-0.3, -0.25) is 4.79 Å². The first-order valence-electron chi connectivity index (χ1n) is 6.21. The van der Waals surface area contributed by atoms with E-state index < -0.39 is 0 Å². The quantitative estimate of drug-likeness (QED) is 0.864. The summed E-state index contributed by atoms with van der Waals surface area (Å²) in [5.74, 6) is 5.53. The van der Waals surface area contributed by atoms with Gasteiger partial charge in [0.15, 0.2) is 0 Å². The zero-order valence-corrected chi connectivity index (χ0v) is 12.3. The van der Waals surface area contributed by atoms with Gasteiger partial charge in [0.1, 0.15) is 0 Å². The number of hydrogen-bond acceptors (Lipinski definition) is 4. The van der Waals surface area contributed by atoms with E-state index in [4.69, 9.17) is 11.0 Å². The van der Waals surface area contributed by atoms with Gasteiger partial charge in [-0.25, -0.2) is 0 Å². The van der Waals surface area contributed by atoms with Gasteiger partial charge in [0, 0.05) is 18.1 Å². The molecule has 2 N–H and O–H groups in total. The average molecular weight is 295 g/mol. The molecular weight excluding hydrogens is 282 g/mol. The smallest absolute Gasteiger partial charge is 0.258 e. The second-order valence-electron chi connectivity index (χ2n) is 4.23. The number of carbonyl (C=O) groups excluding carboxylic acids is 1. The summed E-state index contributed by atoms with van der Waals surface area (Å²) in [7, 11) is 1.68. The predicted molar refractivity (Wildman–Crippen MR) is 84.1 cm³/mol. The molecule has 104 valence electrons. The summed E-state index contributed by atoms with van der Waals surface area (Å²) in [6, 6.07) is 10.7. The fourth-order valence-corrected chi connectivity index (χ4v) is 2.50. The van der Waals surface area contributed by atoms with Crippen LogP contribution in [0.25, 0.3) is 0 Å². The summed E-state index contributed by atoms with van der Waals surface area (Å²) in [6.45, 7) is 0.294. The molecule has 0 aliphatic carbocycles. The van der Waals surface area contributed by atoms with E-state index in [0.29, 0.717) is 23.4 Å². The fraction of sp³-hybridized carbons (Fsp3) is 0.125. The van der Waals surface area contributed by atoms with Crippen molar-refractivity contribution in [3.8, 4) is 17.9 Å². The van der Waals surface area contributed by atoms with Gasteiger partial charge in [0.25, 0.3) is 5.91 Å². The Balaban J connectivity index is 2.22. The highest BCUT2D eigenvalue weighted by atomic mass is 32.1. The van der Waals surface area contributed by atoms with Gasteiger partial charge in [-0.15, -0.1) is 11.3 Å². The normalized spacial score (nSPS) is 9.38. The molecular formula is C16H13N3OS. The lowest BCUT2D eigenvalue weighted by Gasteiger charge is -2.16. The van der Waals surface area contributed by atoms with Crippen LogP contribution in [0.2, 0.25) is 0 Å². The highest BCUT2D eigenvalue weighted by Gasteiger charge is 2.15. The number of benzene rings is 1. The van der Waals surface area contributed by atoms with Gasteiger partial charge in [-0.1, -0.05) is 17.9 Å². The molecule has 2 rings (SSSR count). The van der Waals surface area contributed by atoms with E-state index in [9.17, 15) is 4.79 Å². The van der Waals surface area contributed by atoms with Gasteiger partial charge in [0.2, 0.25) is 0 Å². The van der Waals surface area contributed by atoms with Crippen LogP contribution in [0, 0.1) is 23.2 Å². The van der Waals surface area contributed by atoms with Crippen molar-refractivity contribution in [1.82, 2.24) is 0 Å². The third-order valence-electron chi connectivity index (χ3n) is 2.83. The number of nitrogens with zero attached hydrogens (tertiary/aromatic N) is 2. The Kier molecular flexibility index (Phi) is 4.73. The molecule has 1 aromatic heterocycles. The van der Waals surface area contributed by atoms with E-state index >= 15 is 0 Å². The number of nitrogens with two attached hydrogens (primary N) is 1. The van der Waals surface area contributed by atoms with Gasteiger partial charge in [-0.2, -0.15) is 5.26 Å². The first-order chi connectivity index (χ1) is 10.2. The standard InChI is InChI=1S/C16H13N3OS/c1-19(14-5-2-4-12(8-14)10-18)16(20)13-9-15(21-11-13)6-3-7-17/h2,4-5,8-9,11H,7,17H2,1H3. The number of hydrogen-bond donors (Lipinski definition) is 1. The number of amides is 1. The summed E-state index contributed by atoms with van der Waals surface area (Å²) < 4.78 is 0. The zero-order chi connectivity index (χ0) is 15.2. The van der Waals surface area contributed by atoms with E-state index in [1.165, 1.54) is 16.2 Å². The Morgan fingerprint density at radius 3 is 2.95 bits per heavy atom. The van der Waals surface area contributed by atoms with Crippen molar-refractivity contribution in [3.05, 3.63) is 51.7 Å². The van der Waals surface area contributed by atoms with Crippen LogP contribution in [-0.2, 0) is 0 Å². The monoisotopic (exact) mass is 295 g/mol. The molecule has 1 amide bonds.